The molecule has 3 rings (SSSR count). The topological polar surface area (TPSA) is 63.7 Å². The SMILES string of the molecule is Cc1ccc(N(C(=O)[C@@H](C)Oc2ccccc2)[C@H]2C=CS(=O)(=O)C2)cc1. The van der Waals surface area contributed by atoms with Crippen molar-refractivity contribution in [1.29, 1.82) is 0 Å². The minimum atomic E-state index is -3.29. The van der Waals surface area contributed by atoms with Gasteiger partial charge in [0, 0.05) is 11.1 Å². The molecule has 0 saturated carbocycles. The third-order valence-corrected chi connectivity index (χ3v) is 5.57. The van der Waals surface area contributed by atoms with Gasteiger partial charge in [0.05, 0.1) is 11.8 Å². The van der Waals surface area contributed by atoms with Gasteiger partial charge in [0.25, 0.3) is 5.91 Å². The quantitative estimate of drug-likeness (QED) is 0.810. The predicted molar refractivity (Wildman–Crippen MR) is 102 cm³/mol. The van der Waals surface area contributed by atoms with Crippen molar-refractivity contribution in [1.82, 2.24) is 0 Å². The molecule has 2 atom stereocenters. The van der Waals surface area contributed by atoms with Crippen LogP contribution in [0.1, 0.15) is 12.5 Å². The van der Waals surface area contributed by atoms with E-state index in [9.17, 15) is 13.2 Å². The summed E-state index contributed by atoms with van der Waals surface area (Å²) in [6.07, 6.45) is 0.804. The lowest BCUT2D eigenvalue weighted by Gasteiger charge is -2.30. The zero-order valence-electron chi connectivity index (χ0n) is 14.7. The van der Waals surface area contributed by atoms with Crippen molar-refractivity contribution < 1.29 is 17.9 Å². The molecule has 0 N–H and O–H groups in total. The van der Waals surface area contributed by atoms with E-state index in [2.05, 4.69) is 0 Å². The first-order valence-electron chi connectivity index (χ1n) is 8.38. The molecule has 0 fully saturated rings. The fourth-order valence-electron chi connectivity index (χ4n) is 2.86. The number of carbonyl (C=O) groups excluding carboxylic acids is 1. The van der Waals surface area contributed by atoms with Crippen LogP contribution in [-0.2, 0) is 14.6 Å². The van der Waals surface area contributed by atoms with Crippen molar-refractivity contribution >= 4 is 21.4 Å². The highest BCUT2D eigenvalue weighted by atomic mass is 32.2. The number of rotatable bonds is 5. The maximum Gasteiger partial charge on any atom is 0.268 e. The van der Waals surface area contributed by atoms with Gasteiger partial charge in [0.15, 0.2) is 15.9 Å². The van der Waals surface area contributed by atoms with Gasteiger partial charge < -0.3 is 9.64 Å². The van der Waals surface area contributed by atoms with E-state index in [-0.39, 0.29) is 11.7 Å². The first kappa shape index (κ1) is 18.2. The second kappa shape index (κ2) is 7.33. The van der Waals surface area contributed by atoms with Gasteiger partial charge in [-0.05, 0) is 44.2 Å². The molecule has 1 amide bonds. The maximum atomic E-state index is 13.1. The van der Waals surface area contributed by atoms with Gasteiger partial charge in [-0.15, -0.1) is 0 Å². The number of benzene rings is 2. The third kappa shape index (κ3) is 4.14. The van der Waals surface area contributed by atoms with Crippen LogP contribution in [0.25, 0.3) is 0 Å². The lowest BCUT2D eigenvalue weighted by atomic mass is 10.1. The molecular formula is C20H21NO4S. The summed E-state index contributed by atoms with van der Waals surface area (Å²) in [5.41, 5.74) is 1.71. The van der Waals surface area contributed by atoms with Crippen LogP contribution in [0.4, 0.5) is 5.69 Å². The molecule has 1 aliphatic rings. The van der Waals surface area contributed by atoms with Crippen LogP contribution in [0.2, 0.25) is 0 Å². The predicted octanol–water partition coefficient (Wildman–Crippen LogP) is 3.11. The number of ether oxygens (including phenoxy) is 1. The van der Waals surface area contributed by atoms with Crippen LogP contribution >= 0.6 is 0 Å². The van der Waals surface area contributed by atoms with Crippen LogP contribution in [0, 0.1) is 6.92 Å². The Morgan fingerprint density at radius 1 is 1.12 bits per heavy atom. The van der Waals surface area contributed by atoms with Crippen LogP contribution in [-0.4, -0.2) is 32.2 Å². The molecule has 0 aromatic heterocycles. The van der Waals surface area contributed by atoms with Crippen LogP contribution < -0.4 is 9.64 Å². The number of hydrogen-bond acceptors (Lipinski definition) is 4. The molecule has 0 radical (unpaired) electrons. The Bertz CT molecular complexity index is 905. The lowest BCUT2D eigenvalue weighted by Crippen LogP contribution is -2.47. The van der Waals surface area contributed by atoms with Crippen molar-refractivity contribution in [3.8, 4) is 5.75 Å². The van der Waals surface area contributed by atoms with Crippen molar-refractivity contribution in [2.45, 2.75) is 26.0 Å². The molecule has 0 spiro atoms. The minimum absolute atomic E-state index is 0.120. The fourth-order valence-corrected chi connectivity index (χ4v) is 4.13. The summed E-state index contributed by atoms with van der Waals surface area (Å²) in [5, 5.41) is 1.18. The van der Waals surface area contributed by atoms with Crippen molar-refractivity contribution in [3.63, 3.8) is 0 Å². The minimum Gasteiger partial charge on any atom is -0.481 e. The molecule has 6 heteroatoms. The summed E-state index contributed by atoms with van der Waals surface area (Å²) in [6.45, 7) is 3.63. The van der Waals surface area contributed by atoms with Gasteiger partial charge in [-0.25, -0.2) is 8.42 Å². The van der Waals surface area contributed by atoms with Gasteiger partial charge in [-0.3, -0.25) is 4.79 Å². The van der Waals surface area contributed by atoms with Crippen LogP contribution in [0.15, 0.2) is 66.1 Å². The van der Waals surface area contributed by atoms with E-state index in [1.54, 1.807) is 25.1 Å². The number of carbonyl (C=O) groups is 1. The van der Waals surface area contributed by atoms with Gasteiger partial charge in [-0.2, -0.15) is 0 Å². The van der Waals surface area contributed by atoms with E-state index in [1.807, 2.05) is 49.4 Å². The van der Waals surface area contributed by atoms with Gasteiger partial charge in [0.1, 0.15) is 5.75 Å². The average Bonchev–Trinajstić information content (AvgIpc) is 2.97. The van der Waals surface area contributed by atoms with Crippen LogP contribution in [0.3, 0.4) is 0 Å². The normalized spacial score (nSPS) is 19.1. The number of amides is 1. The van der Waals surface area contributed by atoms with Gasteiger partial charge in [-0.1, -0.05) is 35.9 Å². The summed E-state index contributed by atoms with van der Waals surface area (Å²) in [5.74, 6) is 0.182. The van der Waals surface area contributed by atoms with E-state index < -0.39 is 22.0 Å². The molecule has 1 heterocycles. The van der Waals surface area contributed by atoms with E-state index in [4.69, 9.17) is 4.74 Å². The fraction of sp³-hybridized carbons (Fsp3) is 0.250. The van der Waals surface area contributed by atoms with E-state index in [1.165, 1.54) is 10.3 Å². The Morgan fingerprint density at radius 3 is 2.35 bits per heavy atom. The molecule has 2 aromatic rings. The zero-order valence-corrected chi connectivity index (χ0v) is 15.5. The number of nitrogens with zero attached hydrogens (tertiary/aromatic N) is 1. The molecule has 136 valence electrons. The first-order valence-corrected chi connectivity index (χ1v) is 10.1. The summed E-state index contributed by atoms with van der Waals surface area (Å²) in [7, 11) is -3.29. The lowest BCUT2D eigenvalue weighted by molar-refractivity contribution is -0.124. The highest BCUT2D eigenvalue weighted by Crippen LogP contribution is 2.25. The molecule has 1 aliphatic heterocycles. The number of anilines is 1. The Labute approximate surface area is 153 Å². The summed E-state index contributed by atoms with van der Waals surface area (Å²) in [4.78, 5) is 14.6. The molecule has 5 nitrogen and oxygen atoms in total. The van der Waals surface area contributed by atoms with E-state index >= 15 is 0 Å². The number of sulfone groups is 1. The van der Waals surface area contributed by atoms with Gasteiger partial charge in [0.2, 0.25) is 0 Å². The smallest absolute Gasteiger partial charge is 0.268 e. The molecule has 0 bridgehead atoms. The number of para-hydroxylation sites is 1. The Morgan fingerprint density at radius 2 is 1.77 bits per heavy atom. The molecule has 0 aliphatic carbocycles. The molecule has 0 saturated heterocycles. The number of hydrogen-bond donors (Lipinski definition) is 0. The summed E-state index contributed by atoms with van der Waals surface area (Å²) >= 11 is 0. The average molecular weight is 371 g/mol. The molecular weight excluding hydrogens is 350 g/mol. The Kier molecular flexibility index (Phi) is 5.13. The second-order valence-corrected chi connectivity index (χ2v) is 8.27. The summed E-state index contributed by atoms with van der Waals surface area (Å²) in [6, 6.07) is 16.0. The second-order valence-electron chi connectivity index (χ2n) is 6.34. The van der Waals surface area contributed by atoms with Crippen molar-refractivity contribution in [2.75, 3.05) is 10.7 Å². The van der Waals surface area contributed by atoms with E-state index in [0.29, 0.717) is 11.4 Å². The van der Waals surface area contributed by atoms with Gasteiger partial charge >= 0.3 is 0 Å². The zero-order chi connectivity index (χ0) is 18.7. The molecule has 0 unspecified atom stereocenters. The molecule has 26 heavy (non-hydrogen) atoms. The highest BCUT2D eigenvalue weighted by Gasteiger charge is 2.34. The largest absolute Gasteiger partial charge is 0.481 e. The third-order valence-electron chi connectivity index (χ3n) is 4.20. The first-order chi connectivity index (χ1) is 12.4. The maximum absolute atomic E-state index is 13.1. The van der Waals surface area contributed by atoms with Crippen molar-refractivity contribution in [2.24, 2.45) is 0 Å². The van der Waals surface area contributed by atoms with E-state index in [0.717, 1.165) is 5.56 Å². The standard InChI is InChI=1S/C20H21NO4S/c1-15-8-10-17(11-9-15)21(18-12-13-26(23,24)14-18)20(22)16(2)25-19-6-4-3-5-7-19/h3-13,16,18H,14H2,1-2H3/t16-,18+/m1/s1. The summed E-state index contributed by atoms with van der Waals surface area (Å²) < 4.78 is 29.5. The monoisotopic (exact) mass is 371 g/mol. The Balaban J connectivity index is 1.88. The van der Waals surface area contributed by atoms with Crippen molar-refractivity contribution in [3.05, 3.63) is 71.6 Å². The number of aryl methyl sites for hydroxylation is 1. The highest BCUT2D eigenvalue weighted by molar-refractivity contribution is 7.94. The van der Waals surface area contributed by atoms with Crippen LogP contribution in [0.5, 0.6) is 5.75 Å². The molecule has 2 aromatic carbocycles. The Hall–Kier alpha value is -2.60.